The molecule has 0 spiro atoms. The molecule has 0 radical (unpaired) electrons. The molecule has 1 aromatic heterocycles. The van der Waals surface area contributed by atoms with Crippen molar-refractivity contribution in [1.82, 2.24) is 4.98 Å². The minimum absolute atomic E-state index is 0.442. The van der Waals surface area contributed by atoms with Crippen molar-refractivity contribution >= 4 is 11.7 Å². The van der Waals surface area contributed by atoms with Gasteiger partial charge in [0, 0.05) is 6.07 Å². The van der Waals surface area contributed by atoms with Gasteiger partial charge in [0.1, 0.15) is 0 Å². The largest absolute Gasteiger partial charge is 0.488 e. The van der Waals surface area contributed by atoms with Crippen LogP contribution in [-0.4, -0.2) is 26.1 Å². The van der Waals surface area contributed by atoms with Gasteiger partial charge < -0.3 is 10.2 Å². The summed E-state index contributed by atoms with van der Waals surface area (Å²) in [7, 11) is 0. The summed E-state index contributed by atoms with van der Waals surface area (Å²) in [6, 6.07) is 1.83. The first kappa shape index (κ1) is 8.91. The Bertz CT molecular complexity index is 375. The molecular weight excluding hydrogens is 180 g/mol. The second-order valence-electron chi connectivity index (χ2n) is 2.10. The number of aromatic carboxylic acids is 1. The van der Waals surface area contributed by atoms with Crippen LogP contribution in [0.15, 0.2) is 12.1 Å². The average molecular weight is 184 g/mol. The maximum Gasteiger partial charge on any atom is 0.354 e. The Balaban J connectivity index is 3.20. The molecule has 0 atom stereocenters. The Labute approximate surface area is 71.4 Å². The van der Waals surface area contributed by atoms with E-state index in [1.807, 2.05) is 0 Å². The molecule has 2 N–H and O–H groups in total. The molecule has 68 valence electrons. The first-order valence-corrected chi connectivity index (χ1v) is 3.10. The second kappa shape index (κ2) is 3.05. The van der Waals surface area contributed by atoms with Crippen LogP contribution in [0.1, 0.15) is 10.5 Å². The van der Waals surface area contributed by atoms with Crippen molar-refractivity contribution < 1.29 is 19.9 Å². The third-order valence-electron chi connectivity index (χ3n) is 1.27. The summed E-state index contributed by atoms with van der Waals surface area (Å²) in [6.07, 6.45) is 0. The van der Waals surface area contributed by atoms with Gasteiger partial charge in [-0.3, -0.25) is 10.1 Å². The van der Waals surface area contributed by atoms with Gasteiger partial charge in [-0.05, 0) is 6.07 Å². The third-order valence-corrected chi connectivity index (χ3v) is 1.27. The Hall–Kier alpha value is -2.18. The molecule has 1 aromatic rings. The number of hydrogen-bond acceptors (Lipinski definition) is 5. The molecular formula is C6H4N2O5. The molecule has 0 aliphatic carbocycles. The van der Waals surface area contributed by atoms with Gasteiger partial charge in [0.15, 0.2) is 5.69 Å². The van der Waals surface area contributed by atoms with Gasteiger partial charge in [-0.15, -0.1) is 0 Å². The van der Waals surface area contributed by atoms with E-state index < -0.39 is 28.2 Å². The predicted octanol–water partition coefficient (Wildman–Crippen LogP) is 0.394. The summed E-state index contributed by atoms with van der Waals surface area (Å²) in [5.74, 6) is -2.25. The maximum absolute atomic E-state index is 10.3. The minimum Gasteiger partial charge on any atom is -0.488 e. The van der Waals surface area contributed by atoms with Crippen molar-refractivity contribution in [2.24, 2.45) is 0 Å². The third kappa shape index (κ3) is 1.70. The molecule has 1 heterocycles. The van der Waals surface area contributed by atoms with Gasteiger partial charge in [-0.1, -0.05) is 0 Å². The van der Waals surface area contributed by atoms with Crippen molar-refractivity contribution in [3.05, 3.63) is 27.9 Å². The van der Waals surface area contributed by atoms with E-state index in [1.54, 1.807) is 0 Å². The molecule has 1 rings (SSSR count). The standard InChI is InChI=1S/C6H4N2O5/c9-5-4(8(12)13)2-1-3(7-5)6(10)11/h1-2H,(H,7,9)(H,10,11). The van der Waals surface area contributed by atoms with Crippen LogP contribution in [0, 0.1) is 10.1 Å². The SMILES string of the molecule is O=C(O)c1ccc([N+](=O)[O-])c(O)n1. The number of aromatic nitrogens is 1. The molecule has 0 bridgehead atoms. The molecule has 7 heteroatoms. The number of pyridine rings is 1. The van der Waals surface area contributed by atoms with E-state index in [0.717, 1.165) is 12.1 Å². The Kier molecular flexibility index (Phi) is 2.09. The van der Waals surface area contributed by atoms with E-state index in [4.69, 9.17) is 10.2 Å². The fourth-order valence-corrected chi connectivity index (χ4v) is 0.703. The summed E-state index contributed by atoms with van der Waals surface area (Å²) in [5, 5.41) is 27.5. The summed E-state index contributed by atoms with van der Waals surface area (Å²) >= 11 is 0. The van der Waals surface area contributed by atoms with Crippen LogP contribution < -0.4 is 0 Å². The number of nitro groups is 1. The van der Waals surface area contributed by atoms with Gasteiger partial charge in [0.05, 0.1) is 4.92 Å². The summed E-state index contributed by atoms with van der Waals surface area (Å²) < 4.78 is 0. The zero-order valence-corrected chi connectivity index (χ0v) is 6.17. The quantitative estimate of drug-likeness (QED) is 0.507. The lowest BCUT2D eigenvalue weighted by Gasteiger charge is -1.95. The normalized spacial score (nSPS) is 9.54. The van der Waals surface area contributed by atoms with E-state index in [1.165, 1.54) is 0 Å². The summed E-state index contributed by atoms with van der Waals surface area (Å²) in [5.41, 5.74) is -1.06. The lowest BCUT2D eigenvalue weighted by atomic mass is 10.3. The van der Waals surface area contributed by atoms with Crippen molar-refractivity contribution in [2.75, 3.05) is 0 Å². The summed E-state index contributed by atoms with van der Waals surface area (Å²) in [6.45, 7) is 0. The van der Waals surface area contributed by atoms with E-state index in [0.29, 0.717) is 0 Å². The van der Waals surface area contributed by atoms with E-state index in [2.05, 4.69) is 4.98 Å². The molecule has 0 saturated heterocycles. The molecule has 0 fully saturated rings. The number of carboxylic acids is 1. The maximum atomic E-state index is 10.3. The zero-order chi connectivity index (χ0) is 10.0. The van der Waals surface area contributed by atoms with Gasteiger partial charge in [0.25, 0.3) is 5.88 Å². The van der Waals surface area contributed by atoms with Gasteiger partial charge in [-0.25, -0.2) is 9.78 Å². The Morgan fingerprint density at radius 2 is 2.15 bits per heavy atom. The van der Waals surface area contributed by atoms with Crippen LogP contribution in [0.3, 0.4) is 0 Å². The smallest absolute Gasteiger partial charge is 0.354 e. The molecule has 0 aromatic carbocycles. The summed E-state index contributed by atoms with van der Waals surface area (Å²) in [4.78, 5) is 22.7. The molecule has 0 aliphatic heterocycles. The van der Waals surface area contributed by atoms with Crippen molar-refractivity contribution in [3.63, 3.8) is 0 Å². The number of carbonyl (C=O) groups is 1. The average Bonchev–Trinajstić information content (AvgIpc) is 2.03. The molecule has 13 heavy (non-hydrogen) atoms. The van der Waals surface area contributed by atoms with Gasteiger partial charge >= 0.3 is 11.7 Å². The fourth-order valence-electron chi connectivity index (χ4n) is 0.703. The number of hydrogen-bond donors (Lipinski definition) is 2. The van der Waals surface area contributed by atoms with Gasteiger partial charge in [-0.2, -0.15) is 0 Å². The van der Waals surface area contributed by atoms with Crippen LogP contribution in [0.25, 0.3) is 0 Å². The zero-order valence-electron chi connectivity index (χ0n) is 6.17. The second-order valence-corrected chi connectivity index (χ2v) is 2.10. The van der Waals surface area contributed by atoms with E-state index in [-0.39, 0.29) is 0 Å². The first-order chi connectivity index (χ1) is 6.02. The topological polar surface area (TPSA) is 114 Å². The fraction of sp³-hybridized carbons (Fsp3) is 0. The van der Waals surface area contributed by atoms with Crippen molar-refractivity contribution in [1.29, 1.82) is 0 Å². The highest BCUT2D eigenvalue weighted by molar-refractivity contribution is 5.85. The molecule has 7 nitrogen and oxygen atoms in total. The molecule has 0 amide bonds. The lowest BCUT2D eigenvalue weighted by Crippen LogP contribution is -2.01. The van der Waals surface area contributed by atoms with Crippen LogP contribution in [0.4, 0.5) is 5.69 Å². The number of aromatic hydroxyl groups is 1. The van der Waals surface area contributed by atoms with Crippen LogP contribution in [0.5, 0.6) is 5.88 Å². The van der Waals surface area contributed by atoms with Crippen LogP contribution in [0.2, 0.25) is 0 Å². The van der Waals surface area contributed by atoms with Crippen molar-refractivity contribution in [2.45, 2.75) is 0 Å². The predicted molar refractivity (Wildman–Crippen MR) is 39.5 cm³/mol. The number of carboxylic acid groups (broad SMARTS) is 1. The minimum atomic E-state index is -1.36. The highest BCUT2D eigenvalue weighted by Gasteiger charge is 2.16. The molecule has 0 unspecified atom stereocenters. The molecule has 0 saturated carbocycles. The number of rotatable bonds is 2. The van der Waals surface area contributed by atoms with Crippen LogP contribution >= 0.6 is 0 Å². The van der Waals surface area contributed by atoms with Crippen LogP contribution in [-0.2, 0) is 0 Å². The van der Waals surface area contributed by atoms with E-state index in [9.17, 15) is 14.9 Å². The Morgan fingerprint density at radius 1 is 1.54 bits per heavy atom. The highest BCUT2D eigenvalue weighted by atomic mass is 16.6. The molecule has 0 aliphatic rings. The number of nitrogens with zero attached hydrogens (tertiary/aromatic N) is 2. The van der Waals surface area contributed by atoms with Gasteiger partial charge in [0.2, 0.25) is 0 Å². The van der Waals surface area contributed by atoms with E-state index >= 15 is 0 Å². The lowest BCUT2D eigenvalue weighted by molar-refractivity contribution is -0.386. The monoisotopic (exact) mass is 184 g/mol. The highest BCUT2D eigenvalue weighted by Crippen LogP contribution is 2.22. The van der Waals surface area contributed by atoms with Crippen molar-refractivity contribution in [3.8, 4) is 5.88 Å². The first-order valence-electron chi connectivity index (χ1n) is 3.10. The Morgan fingerprint density at radius 3 is 2.54 bits per heavy atom.